The number of benzene rings is 1. The van der Waals surface area contributed by atoms with E-state index in [1.54, 1.807) is 19.2 Å². The molecule has 0 spiro atoms. The zero-order valence-electron chi connectivity index (χ0n) is 12.1. The topological polar surface area (TPSA) is 56.5 Å². The van der Waals surface area contributed by atoms with Crippen LogP contribution >= 0.6 is 0 Å². The van der Waals surface area contributed by atoms with E-state index >= 15 is 0 Å². The van der Waals surface area contributed by atoms with Crippen molar-refractivity contribution in [3.8, 4) is 11.4 Å². The molecule has 6 heteroatoms. The van der Waals surface area contributed by atoms with Gasteiger partial charge in [-0.2, -0.15) is 0 Å². The SMILES string of the molecule is Cc1ccc(-c2nccn2[C@@H]2CO[C@H]3[C@@H]2OC[C@H]3O)cc1F. The van der Waals surface area contributed by atoms with Gasteiger partial charge in [0, 0.05) is 18.0 Å². The van der Waals surface area contributed by atoms with E-state index in [-0.39, 0.29) is 30.7 Å². The Kier molecular flexibility index (Phi) is 3.25. The highest BCUT2D eigenvalue weighted by Gasteiger charge is 2.48. The number of ether oxygens (including phenoxy) is 2. The minimum Gasteiger partial charge on any atom is -0.388 e. The van der Waals surface area contributed by atoms with E-state index in [1.165, 1.54) is 6.07 Å². The largest absolute Gasteiger partial charge is 0.388 e. The Balaban J connectivity index is 1.70. The maximum Gasteiger partial charge on any atom is 0.140 e. The highest BCUT2D eigenvalue weighted by molar-refractivity contribution is 5.56. The van der Waals surface area contributed by atoms with Crippen LogP contribution in [0.2, 0.25) is 0 Å². The molecule has 1 N–H and O–H groups in total. The Bertz CT molecular complexity index is 702. The molecule has 0 bridgehead atoms. The van der Waals surface area contributed by atoms with Gasteiger partial charge < -0.3 is 19.1 Å². The lowest BCUT2D eigenvalue weighted by atomic mass is 10.1. The molecule has 0 unspecified atom stereocenters. The number of aliphatic hydroxyl groups excluding tert-OH is 1. The molecule has 4 rings (SSSR count). The number of rotatable bonds is 2. The average Bonchev–Trinajstić information content (AvgIpc) is 3.19. The van der Waals surface area contributed by atoms with Crippen LogP contribution in [0.15, 0.2) is 30.6 Å². The average molecular weight is 304 g/mol. The van der Waals surface area contributed by atoms with Crippen LogP contribution in [0, 0.1) is 12.7 Å². The van der Waals surface area contributed by atoms with Crippen LogP contribution in [0.4, 0.5) is 4.39 Å². The summed E-state index contributed by atoms with van der Waals surface area (Å²) in [6.07, 6.45) is 2.45. The highest BCUT2D eigenvalue weighted by Crippen LogP contribution is 2.36. The number of imidazole rings is 1. The van der Waals surface area contributed by atoms with E-state index in [2.05, 4.69) is 4.98 Å². The number of fused-ring (bicyclic) bond motifs is 1. The summed E-state index contributed by atoms with van der Waals surface area (Å²) in [5.41, 5.74) is 1.32. The molecule has 0 radical (unpaired) electrons. The summed E-state index contributed by atoms with van der Waals surface area (Å²) in [5, 5.41) is 9.84. The van der Waals surface area contributed by atoms with E-state index in [4.69, 9.17) is 9.47 Å². The fourth-order valence-corrected chi connectivity index (χ4v) is 3.23. The molecule has 116 valence electrons. The molecule has 1 aromatic carbocycles. The van der Waals surface area contributed by atoms with E-state index in [0.29, 0.717) is 18.0 Å². The monoisotopic (exact) mass is 304 g/mol. The van der Waals surface area contributed by atoms with E-state index in [1.807, 2.05) is 16.8 Å². The molecule has 0 saturated carbocycles. The fourth-order valence-electron chi connectivity index (χ4n) is 3.23. The number of hydrogen-bond donors (Lipinski definition) is 1. The quantitative estimate of drug-likeness (QED) is 0.917. The standard InChI is InChI=1S/C16H17FN2O3/c1-9-2-3-10(6-11(9)17)16-18-4-5-19(16)12-7-21-15-13(20)8-22-14(12)15/h2-6,12-15,20H,7-8H2,1H3/t12-,13-,14-,15-/m1/s1. The van der Waals surface area contributed by atoms with Gasteiger partial charge >= 0.3 is 0 Å². The third kappa shape index (κ3) is 2.06. The second-order valence-corrected chi connectivity index (χ2v) is 5.85. The summed E-state index contributed by atoms with van der Waals surface area (Å²) in [7, 11) is 0. The number of aromatic nitrogens is 2. The van der Waals surface area contributed by atoms with Crippen LogP contribution in [-0.4, -0.2) is 46.2 Å². The Morgan fingerprint density at radius 1 is 1.27 bits per heavy atom. The summed E-state index contributed by atoms with van der Waals surface area (Å²) < 4.78 is 27.1. The Morgan fingerprint density at radius 3 is 2.91 bits per heavy atom. The van der Waals surface area contributed by atoms with Gasteiger partial charge in [0.2, 0.25) is 0 Å². The zero-order chi connectivity index (χ0) is 15.3. The summed E-state index contributed by atoms with van der Waals surface area (Å²) in [6, 6.07) is 5.03. The van der Waals surface area contributed by atoms with Gasteiger partial charge in [0.15, 0.2) is 0 Å². The van der Waals surface area contributed by atoms with Gasteiger partial charge in [-0.25, -0.2) is 9.37 Å². The Morgan fingerprint density at radius 2 is 2.09 bits per heavy atom. The van der Waals surface area contributed by atoms with Crippen molar-refractivity contribution in [3.05, 3.63) is 42.0 Å². The van der Waals surface area contributed by atoms with Gasteiger partial charge in [-0.15, -0.1) is 0 Å². The lowest BCUT2D eigenvalue weighted by Crippen LogP contribution is -2.30. The highest BCUT2D eigenvalue weighted by atomic mass is 19.1. The normalized spacial score (nSPS) is 30.7. The molecule has 1 aromatic heterocycles. The predicted molar refractivity (Wildman–Crippen MR) is 76.9 cm³/mol. The molecule has 4 atom stereocenters. The number of nitrogens with zero attached hydrogens (tertiary/aromatic N) is 2. The number of halogens is 1. The minimum atomic E-state index is -0.584. The van der Waals surface area contributed by atoms with Crippen molar-refractivity contribution >= 4 is 0 Å². The van der Waals surface area contributed by atoms with Crippen LogP contribution in [0.25, 0.3) is 11.4 Å². The van der Waals surface area contributed by atoms with Gasteiger partial charge in [0.1, 0.15) is 30.0 Å². The summed E-state index contributed by atoms with van der Waals surface area (Å²) in [6.45, 7) is 2.47. The number of hydrogen-bond acceptors (Lipinski definition) is 4. The Labute approximate surface area is 127 Å². The molecule has 2 aromatic rings. The maximum absolute atomic E-state index is 13.8. The van der Waals surface area contributed by atoms with Crippen LogP contribution < -0.4 is 0 Å². The first-order valence-electron chi connectivity index (χ1n) is 7.36. The second-order valence-electron chi connectivity index (χ2n) is 5.85. The fraction of sp³-hybridized carbons (Fsp3) is 0.438. The molecule has 2 aliphatic heterocycles. The minimum absolute atomic E-state index is 0.0657. The van der Waals surface area contributed by atoms with Gasteiger partial charge in [0.05, 0.1) is 19.3 Å². The van der Waals surface area contributed by atoms with Gasteiger partial charge in [-0.3, -0.25) is 0 Å². The molecule has 2 aliphatic rings. The van der Waals surface area contributed by atoms with Crippen LogP contribution in [-0.2, 0) is 9.47 Å². The molecule has 22 heavy (non-hydrogen) atoms. The van der Waals surface area contributed by atoms with Gasteiger partial charge in [-0.1, -0.05) is 12.1 Å². The number of aryl methyl sites for hydroxylation is 1. The van der Waals surface area contributed by atoms with Crippen molar-refractivity contribution in [2.45, 2.75) is 31.3 Å². The third-order valence-electron chi connectivity index (χ3n) is 4.46. The first kappa shape index (κ1) is 13.9. The predicted octanol–water partition coefficient (Wildman–Crippen LogP) is 1.70. The first-order chi connectivity index (χ1) is 10.6. The van der Waals surface area contributed by atoms with Gasteiger partial charge in [-0.05, 0) is 18.6 Å². The van der Waals surface area contributed by atoms with Gasteiger partial charge in [0.25, 0.3) is 0 Å². The first-order valence-corrected chi connectivity index (χ1v) is 7.36. The molecule has 0 amide bonds. The van der Waals surface area contributed by atoms with Crippen molar-refractivity contribution in [1.82, 2.24) is 9.55 Å². The molecular formula is C16H17FN2O3. The zero-order valence-corrected chi connectivity index (χ0v) is 12.1. The van der Waals surface area contributed by atoms with Crippen molar-refractivity contribution in [2.75, 3.05) is 13.2 Å². The van der Waals surface area contributed by atoms with Crippen molar-refractivity contribution in [2.24, 2.45) is 0 Å². The van der Waals surface area contributed by atoms with Crippen LogP contribution in [0.1, 0.15) is 11.6 Å². The summed E-state index contributed by atoms with van der Waals surface area (Å²) in [5.74, 6) is 0.429. The lowest BCUT2D eigenvalue weighted by molar-refractivity contribution is 0.0172. The van der Waals surface area contributed by atoms with Crippen LogP contribution in [0.5, 0.6) is 0 Å². The molecule has 5 nitrogen and oxygen atoms in total. The molecule has 2 fully saturated rings. The van der Waals surface area contributed by atoms with Crippen LogP contribution in [0.3, 0.4) is 0 Å². The van der Waals surface area contributed by atoms with E-state index in [0.717, 1.165) is 5.56 Å². The van der Waals surface area contributed by atoms with E-state index < -0.39 is 6.10 Å². The van der Waals surface area contributed by atoms with Crippen molar-refractivity contribution in [1.29, 1.82) is 0 Å². The third-order valence-corrected chi connectivity index (χ3v) is 4.46. The summed E-state index contributed by atoms with van der Waals surface area (Å²) >= 11 is 0. The molecule has 2 saturated heterocycles. The van der Waals surface area contributed by atoms with Crippen molar-refractivity contribution < 1.29 is 19.0 Å². The summed E-state index contributed by atoms with van der Waals surface area (Å²) in [4.78, 5) is 4.36. The van der Waals surface area contributed by atoms with E-state index in [9.17, 15) is 9.50 Å². The molecule has 0 aliphatic carbocycles. The van der Waals surface area contributed by atoms with Crippen molar-refractivity contribution in [3.63, 3.8) is 0 Å². The maximum atomic E-state index is 13.8. The Hall–Kier alpha value is -1.76. The molecular weight excluding hydrogens is 287 g/mol. The smallest absolute Gasteiger partial charge is 0.140 e. The second kappa shape index (κ2) is 5.15. The molecule has 3 heterocycles. The lowest BCUT2D eigenvalue weighted by Gasteiger charge is -2.19. The number of aliphatic hydroxyl groups is 1.